The van der Waals surface area contributed by atoms with Gasteiger partial charge in [-0.1, -0.05) is 43.2 Å². The highest BCUT2D eigenvalue weighted by atomic mass is 16.5. The van der Waals surface area contributed by atoms with Gasteiger partial charge < -0.3 is 20.5 Å². The van der Waals surface area contributed by atoms with Gasteiger partial charge in [0, 0.05) is 18.6 Å². The molecule has 0 saturated heterocycles. The summed E-state index contributed by atoms with van der Waals surface area (Å²) in [6, 6.07) is 10.2. The summed E-state index contributed by atoms with van der Waals surface area (Å²) in [6.07, 6.45) is 5.50. The summed E-state index contributed by atoms with van der Waals surface area (Å²) in [5, 5.41) is 16.6. The summed E-state index contributed by atoms with van der Waals surface area (Å²) in [7, 11) is 0. The molecule has 0 radical (unpaired) electrons. The molecule has 1 aromatic carbocycles. The Labute approximate surface area is 137 Å². The molecule has 2 aliphatic rings. The van der Waals surface area contributed by atoms with Crippen LogP contribution in [0.4, 0.5) is 4.79 Å². The monoisotopic (exact) mass is 318 g/mol. The van der Waals surface area contributed by atoms with Crippen LogP contribution in [0.25, 0.3) is 0 Å². The molecular formula is C18H26N2O3. The third-order valence-electron chi connectivity index (χ3n) is 4.93. The second-order valence-corrected chi connectivity index (χ2v) is 6.88. The van der Waals surface area contributed by atoms with E-state index in [4.69, 9.17) is 4.74 Å². The van der Waals surface area contributed by atoms with Gasteiger partial charge in [-0.25, -0.2) is 4.79 Å². The van der Waals surface area contributed by atoms with Crippen LogP contribution in [0.1, 0.15) is 44.1 Å². The minimum atomic E-state index is -0.507. The molecule has 5 nitrogen and oxygen atoms in total. The van der Waals surface area contributed by atoms with Crippen LogP contribution in [0.15, 0.2) is 30.3 Å². The number of amides is 1. The zero-order valence-corrected chi connectivity index (χ0v) is 13.5. The van der Waals surface area contributed by atoms with E-state index in [1.807, 2.05) is 30.3 Å². The van der Waals surface area contributed by atoms with Gasteiger partial charge in [0.1, 0.15) is 6.61 Å². The van der Waals surface area contributed by atoms with Gasteiger partial charge in [-0.05, 0) is 31.2 Å². The first-order chi connectivity index (χ1) is 11.1. The molecule has 3 N–H and O–H groups in total. The van der Waals surface area contributed by atoms with Crippen LogP contribution in [0, 0.1) is 0 Å². The van der Waals surface area contributed by atoms with Crippen LogP contribution in [-0.4, -0.2) is 35.4 Å². The average Bonchev–Trinajstić information content (AvgIpc) is 2.95. The van der Waals surface area contributed by atoms with Crippen molar-refractivity contribution in [3.05, 3.63) is 35.9 Å². The Hall–Kier alpha value is -1.59. The number of rotatable bonds is 6. The maximum absolute atomic E-state index is 11.8. The SMILES string of the molecule is O=C(NC1CC(NCC2(O)CCCC2)C1)OCc1ccccc1. The minimum Gasteiger partial charge on any atom is -0.445 e. The lowest BCUT2D eigenvalue weighted by molar-refractivity contribution is 0.0393. The third kappa shape index (κ3) is 4.69. The van der Waals surface area contributed by atoms with Crippen LogP contribution in [0.5, 0.6) is 0 Å². The fourth-order valence-electron chi connectivity index (χ4n) is 3.38. The van der Waals surface area contributed by atoms with Crippen LogP contribution in [-0.2, 0) is 11.3 Å². The zero-order valence-electron chi connectivity index (χ0n) is 13.5. The first-order valence-electron chi connectivity index (χ1n) is 8.56. The largest absolute Gasteiger partial charge is 0.445 e. The number of aliphatic hydroxyl groups is 1. The normalized spacial score (nSPS) is 25.6. The first-order valence-corrected chi connectivity index (χ1v) is 8.56. The summed E-state index contributed by atoms with van der Waals surface area (Å²) in [5.41, 5.74) is 0.480. The fourth-order valence-corrected chi connectivity index (χ4v) is 3.38. The number of hydrogen-bond donors (Lipinski definition) is 3. The van der Waals surface area contributed by atoms with Crippen molar-refractivity contribution >= 4 is 6.09 Å². The van der Waals surface area contributed by atoms with Crippen molar-refractivity contribution in [3.8, 4) is 0 Å². The maximum atomic E-state index is 11.8. The van der Waals surface area contributed by atoms with Crippen LogP contribution < -0.4 is 10.6 Å². The van der Waals surface area contributed by atoms with Gasteiger partial charge in [-0.2, -0.15) is 0 Å². The predicted molar refractivity (Wildman–Crippen MR) is 88.0 cm³/mol. The van der Waals surface area contributed by atoms with E-state index in [1.165, 1.54) is 0 Å². The summed E-state index contributed by atoms with van der Waals surface area (Å²) < 4.78 is 5.22. The van der Waals surface area contributed by atoms with Gasteiger partial charge >= 0.3 is 6.09 Å². The van der Waals surface area contributed by atoms with E-state index >= 15 is 0 Å². The van der Waals surface area contributed by atoms with Crippen LogP contribution >= 0.6 is 0 Å². The molecular weight excluding hydrogens is 292 g/mol. The molecule has 0 aromatic heterocycles. The molecule has 2 saturated carbocycles. The quantitative estimate of drug-likeness (QED) is 0.753. The van der Waals surface area contributed by atoms with Crippen molar-refractivity contribution in [1.82, 2.24) is 10.6 Å². The smallest absolute Gasteiger partial charge is 0.407 e. The Morgan fingerprint density at radius 1 is 1.17 bits per heavy atom. The van der Waals surface area contributed by atoms with Crippen molar-refractivity contribution in [2.45, 2.75) is 62.8 Å². The van der Waals surface area contributed by atoms with Gasteiger partial charge in [0.05, 0.1) is 5.60 Å². The van der Waals surface area contributed by atoms with Crippen LogP contribution in [0.2, 0.25) is 0 Å². The summed E-state index contributed by atoms with van der Waals surface area (Å²) in [4.78, 5) is 11.8. The Morgan fingerprint density at radius 3 is 2.57 bits per heavy atom. The summed E-state index contributed by atoms with van der Waals surface area (Å²) in [6.45, 7) is 0.969. The first kappa shape index (κ1) is 16.3. The Kier molecular flexibility index (Phi) is 5.18. The molecule has 1 aromatic rings. The number of hydrogen-bond acceptors (Lipinski definition) is 4. The molecule has 23 heavy (non-hydrogen) atoms. The molecule has 5 heteroatoms. The number of benzene rings is 1. The molecule has 126 valence electrons. The van der Waals surface area contributed by atoms with Gasteiger partial charge in [0.2, 0.25) is 0 Å². The second kappa shape index (κ2) is 7.32. The Morgan fingerprint density at radius 2 is 1.87 bits per heavy atom. The van der Waals surface area contributed by atoms with E-state index in [-0.39, 0.29) is 12.1 Å². The van der Waals surface area contributed by atoms with Crippen molar-refractivity contribution in [2.75, 3.05) is 6.54 Å². The van der Waals surface area contributed by atoms with E-state index in [0.29, 0.717) is 19.2 Å². The number of carbonyl (C=O) groups is 1. The predicted octanol–water partition coefficient (Wildman–Crippen LogP) is 2.34. The minimum absolute atomic E-state index is 0.175. The van der Waals surface area contributed by atoms with E-state index in [1.54, 1.807) is 0 Å². The van der Waals surface area contributed by atoms with Gasteiger partial charge in [-0.15, -0.1) is 0 Å². The zero-order chi connectivity index (χ0) is 16.1. The average molecular weight is 318 g/mol. The molecule has 0 unspecified atom stereocenters. The van der Waals surface area contributed by atoms with E-state index in [9.17, 15) is 9.90 Å². The lowest BCUT2D eigenvalue weighted by atomic mass is 9.86. The van der Waals surface area contributed by atoms with Crippen molar-refractivity contribution in [1.29, 1.82) is 0 Å². The van der Waals surface area contributed by atoms with Gasteiger partial charge in [0.15, 0.2) is 0 Å². The van der Waals surface area contributed by atoms with E-state index in [0.717, 1.165) is 44.1 Å². The Bertz CT molecular complexity index is 508. The summed E-state index contributed by atoms with van der Waals surface area (Å²) in [5.74, 6) is 0. The van der Waals surface area contributed by atoms with Crippen LogP contribution in [0.3, 0.4) is 0 Å². The van der Waals surface area contributed by atoms with Gasteiger partial charge in [0.25, 0.3) is 0 Å². The summed E-state index contributed by atoms with van der Waals surface area (Å²) >= 11 is 0. The highest BCUT2D eigenvalue weighted by molar-refractivity contribution is 5.67. The third-order valence-corrected chi connectivity index (χ3v) is 4.93. The second-order valence-electron chi connectivity index (χ2n) is 6.88. The number of nitrogens with one attached hydrogen (secondary N) is 2. The molecule has 0 bridgehead atoms. The van der Waals surface area contributed by atoms with Crippen molar-refractivity contribution in [3.63, 3.8) is 0 Å². The fraction of sp³-hybridized carbons (Fsp3) is 0.611. The molecule has 0 atom stereocenters. The van der Waals surface area contributed by atoms with Crippen molar-refractivity contribution in [2.24, 2.45) is 0 Å². The number of alkyl carbamates (subject to hydrolysis) is 1. The lowest BCUT2D eigenvalue weighted by Gasteiger charge is -2.38. The maximum Gasteiger partial charge on any atom is 0.407 e. The molecule has 0 spiro atoms. The molecule has 2 aliphatic carbocycles. The molecule has 1 amide bonds. The molecule has 2 fully saturated rings. The Balaban J connectivity index is 1.28. The number of ether oxygens (including phenoxy) is 1. The van der Waals surface area contributed by atoms with E-state index in [2.05, 4.69) is 10.6 Å². The van der Waals surface area contributed by atoms with E-state index < -0.39 is 5.60 Å². The molecule has 3 rings (SSSR count). The molecule has 0 heterocycles. The number of carbonyl (C=O) groups excluding carboxylic acids is 1. The molecule has 0 aliphatic heterocycles. The highest BCUT2D eigenvalue weighted by Crippen LogP contribution is 2.29. The standard InChI is InChI=1S/C18H26N2O3/c21-17(23-12-14-6-2-1-3-7-14)20-16-10-15(11-16)19-13-18(22)8-4-5-9-18/h1-3,6-7,15-16,19,22H,4-5,8-13H2,(H,20,21). The van der Waals surface area contributed by atoms with Gasteiger partial charge in [-0.3, -0.25) is 0 Å². The topological polar surface area (TPSA) is 70.6 Å². The lowest BCUT2D eigenvalue weighted by Crippen LogP contribution is -2.55. The van der Waals surface area contributed by atoms with Crippen molar-refractivity contribution < 1.29 is 14.6 Å². The highest BCUT2D eigenvalue weighted by Gasteiger charge is 2.35.